The van der Waals surface area contributed by atoms with E-state index in [2.05, 4.69) is 24.8 Å². The van der Waals surface area contributed by atoms with Gasteiger partial charge < -0.3 is 4.90 Å². The molecule has 2 heteroatoms. The standard InChI is InChI=1S/C23H38NO/c1-3-5-7-9-11-16-20-24(21-17-12-10-8-6-4-2)23(25)22-18-14-13-15-19-22/h13-15,18H,3-12,16-17,20-21H2,1-2H3. The quantitative estimate of drug-likeness (QED) is 0.326. The van der Waals surface area contributed by atoms with Crippen molar-refractivity contribution in [3.63, 3.8) is 0 Å². The number of carbonyl (C=O) groups is 1. The number of unbranched alkanes of at least 4 members (excludes halogenated alkanes) is 10. The van der Waals surface area contributed by atoms with Crippen LogP contribution in [-0.2, 0) is 0 Å². The molecule has 1 amide bonds. The second-order valence-corrected chi connectivity index (χ2v) is 7.10. The predicted octanol–water partition coefficient (Wildman–Crippen LogP) is 6.65. The van der Waals surface area contributed by atoms with E-state index in [9.17, 15) is 4.79 Å². The second kappa shape index (κ2) is 15.0. The molecule has 141 valence electrons. The molecule has 0 bridgehead atoms. The lowest BCUT2D eigenvalue weighted by Gasteiger charge is -2.23. The smallest absolute Gasteiger partial charge is 0.254 e. The van der Waals surface area contributed by atoms with Crippen LogP contribution in [0.25, 0.3) is 0 Å². The molecular formula is C23H38NO. The van der Waals surface area contributed by atoms with Gasteiger partial charge in [0.1, 0.15) is 0 Å². The Bertz CT molecular complexity index is 413. The maximum atomic E-state index is 12.8. The van der Waals surface area contributed by atoms with E-state index in [0.717, 1.165) is 25.9 Å². The van der Waals surface area contributed by atoms with Crippen LogP contribution in [0.3, 0.4) is 0 Å². The zero-order chi connectivity index (χ0) is 18.2. The van der Waals surface area contributed by atoms with Gasteiger partial charge in [-0.25, -0.2) is 0 Å². The number of amides is 1. The number of rotatable bonds is 15. The van der Waals surface area contributed by atoms with E-state index in [-0.39, 0.29) is 5.91 Å². The molecule has 1 rings (SSSR count). The summed E-state index contributed by atoms with van der Waals surface area (Å²) in [6.07, 6.45) is 15.2. The van der Waals surface area contributed by atoms with Crippen LogP contribution in [0.2, 0.25) is 0 Å². The molecule has 1 aromatic rings. The molecule has 0 aliphatic heterocycles. The van der Waals surface area contributed by atoms with Crippen molar-refractivity contribution >= 4 is 5.91 Å². The van der Waals surface area contributed by atoms with Crippen LogP contribution < -0.4 is 0 Å². The zero-order valence-corrected chi connectivity index (χ0v) is 16.6. The number of carbonyl (C=O) groups excluding carboxylic acids is 1. The summed E-state index contributed by atoms with van der Waals surface area (Å²) in [6.45, 7) is 6.28. The fraction of sp³-hybridized carbons (Fsp3) is 0.696. The Hall–Kier alpha value is -1.31. The Labute approximate surface area is 156 Å². The second-order valence-electron chi connectivity index (χ2n) is 7.10. The maximum Gasteiger partial charge on any atom is 0.254 e. The molecule has 1 radical (unpaired) electrons. The van der Waals surface area contributed by atoms with Crippen LogP contribution in [0.15, 0.2) is 24.3 Å². The Kier molecular flexibility index (Phi) is 13.0. The molecule has 1 aromatic carbocycles. The summed E-state index contributed by atoms with van der Waals surface area (Å²) in [5.74, 6) is 0.155. The van der Waals surface area contributed by atoms with Gasteiger partial charge in [-0.15, -0.1) is 0 Å². The summed E-state index contributed by atoms with van der Waals surface area (Å²) in [5.41, 5.74) is 0.708. The summed E-state index contributed by atoms with van der Waals surface area (Å²) >= 11 is 0. The highest BCUT2D eigenvalue weighted by molar-refractivity contribution is 5.93. The predicted molar refractivity (Wildman–Crippen MR) is 108 cm³/mol. The van der Waals surface area contributed by atoms with Gasteiger partial charge in [-0.05, 0) is 25.0 Å². The SMILES string of the molecule is CCCCCCCCN(CCCCCCCC)C(=O)c1[c]cccc1. The Morgan fingerprint density at radius 1 is 0.800 bits per heavy atom. The monoisotopic (exact) mass is 344 g/mol. The summed E-state index contributed by atoms with van der Waals surface area (Å²) in [4.78, 5) is 14.8. The molecule has 0 spiro atoms. The molecule has 0 aliphatic carbocycles. The van der Waals surface area contributed by atoms with Crippen molar-refractivity contribution in [3.8, 4) is 0 Å². The van der Waals surface area contributed by atoms with E-state index in [1.165, 1.54) is 64.2 Å². The Balaban J connectivity index is 2.39. The first kappa shape index (κ1) is 21.7. The van der Waals surface area contributed by atoms with Crippen molar-refractivity contribution in [1.29, 1.82) is 0 Å². The zero-order valence-electron chi connectivity index (χ0n) is 16.6. The average Bonchev–Trinajstić information content (AvgIpc) is 2.65. The van der Waals surface area contributed by atoms with Crippen LogP contribution in [-0.4, -0.2) is 23.9 Å². The lowest BCUT2D eigenvalue weighted by molar-refractivity contribution is 0.0749. The third-order valence-corrected chi connectivity index (χ3v) is 4.79. The summed E-state index contributed by atoms with van der Waals surface area (Å²) in [5, 5.41) is 0. The third-order valence-electron chi connectivity index (χ3n) is 4.79. The molecule has 2 nitrogen and oxygen atoms in total. The van der Waals surface area contributed by atoms with Gasteiger partial charge >= 0.3 is 0 Å². The third kappa shape index (κ3) is 10.3. The molecule has 0 heterocycles. The van der Waals surface area contributed by atoms with Crippen molar-refractivity contribution in [2.45, 2.75) is 90.9 Å². The van der Waals surface area contributed by atoms with Gasteiger partial charge in [0.2, 0.25) is 0 Å². The molecule has 25 heavy (non-hydrogen) atoms. The Morgan fingerprint density at radius 2 is 1.32 bits per heavy atom. The van der Waals surface area contributed by atoms with Crippen molar-refractivity contribution in [2.24, 2.45) is 0 Å². The van der Waals surface area contributed by atoms with E-state index in [1.807, 2.05) is 24.3 Å². The molecule has 0 N–H and O–H groups in total. The normalized spacial score (nSPS) is 10.8. The lowest BCUT2D eigenvalue weighted by atomic mass is 10.1. The van der Waals surface area contributed by atoms with Gasteiger partial charge in [-0.2, -0.15) is 0 Å². The lowest BCUT2D eigenvalue weighted by Crippen LogP contribution is -2.33. The topological polar surface area (TPSA) is 20.3 Å². The molecular weight excluding hydrogens is 306 g/mol. The number of benzene rings is 1. The van der Waals surface area contributed by atoms with Crippen molar-refractivity contribution in [2.75, 3.05) is 13.1 Å². The molecule has 0 fully saturated rings. The first-order chi connectivity index (χ1) is 12.3. The molecule has 0 saturated carbocycles. The summed E-state index contributed by atoms with van der Waals surface area (Å²) in [7, 11) is 0. The first-order valence-corrected chi connectivity index (χ1v) is 10.6. The minimum Gasteiger partial charge on any atom is -0.339 e. The van der Waals surface area contributed by atoms with Crippen molar-refractivity contribution in [1.82, 2.24) is 4.90 Å². The summed E-state index contributed by atoms with van der Waals surface area (Å²) < 4.78 is 0. The highest BCUT2D eigenvalue weighted by atomic mass is 16.2. The van der Waals surface area contributed by atoms with Gasteiger partial charge in [0.25, 0.3) is 5.91 Å². The minimum atomic E-state index is 0.155. The minimum absolute atomic E-state index is 0.155. The maximum absolute atomic E-state index is 12.8. The Morgan fingerprint density at radius 3 is 1.80 bits per heavy atom. The van der Waals surface area contributed by atoms with E-state index in [1.54, 1.807) is 0 Å². The van der Waals surface area contributed by atoms with Crippen LogP contribution in [0, 0.1) is 6.07 Å². The fourth-order valence-electron chi connectivity index (χ4n) is 3.18. The van der Waals surface area contributed by atoms with Gasteiger partial charge in [0.15, 0.2) is 0 Å². The molecule has 0 unspecified atom stereocenters. The van der Waals surface area contributed by atoms with Crippen LogP contribution in [0.4, 0.5) is 0 Å². The van der Waals surface area contributed by atoms with Gasteiger partial charge in [-0.3, -0.25) is 4.79 Å². The van der Waals surface area contributed by atoms with E-state index in [4.69, 9.17) is 0 Å². The van der Waals surface area contributed by atoms with Crippen LogP contribution in [0.1, 0.15) is 101 Å². The van der Waals surface area contributed by atoms with Gasteiger partial charge in [0.05, 0.1) is 0 Å². The molecule has 0 saturated heterocycles. The molecule has 0 atom stereocenters. The number of hydrogen-bond donors (Lipinski definition) is 0. The fourth-order valence-corrected chi connectivity index (χ4v) is 3.18. The van der Waals surface area contributed by atoms with Crippen molar-refractivity contribution < 1.29 is 4.79 Å². The molecule has 0 aromatic heterocycles. The first-order valence-electron chi connectivity index (χ1n) is 10.6. The molecule has 0 aliphatic rings. The highest BCUT2D eigenvalue weighted by Crippen LogP contribution is 2.12. The van der Waals surface area contributed by atoms with Crippen molar-refractivity contribution in [3.05, 3.63) is 35.9 Å². The number of hydrogen-bond acceptors (Lipinski definition) is 1. The summed E-state index contributed by atoms with van der Waals surface area (Å²) in [6, 6.07) is 10.7. The van der Waals surface area contributed by atoms with Gasteiger partial charge in [0, 0.05) is 18.7 Å². The van der Waals surface area contributed by atoms with Crippen LogP contribution >= 0.6 is 0 Å². The van der Waals surface area contributed by atoms with E-state index < -0.39 is 0 Å². The average molecular weight is 345 g/mol. The van der Waals surface area contributed by atoms with E-state index >= 15 is 0 Å². The highest BCUT2D eigenvalue weighted by Gasteiger charge is 2.14. The van der Waals surface area contributed by atoms with E-state index in [0.29, 0.717) is 5.56 Å². The van der Waals surface area contributed by atoms with Gasteiger partial charge in [-0.1, -0.05) is 96.3 Å². The largest absolute Gasteiger partial charge is 0.339 e. The van der Waals surface area contributed by atoms with Crippen LogP contribution in [0.5, 0.6) is 0 Å². The number of nitrogens with zero attached hydrogens (tertiary/aromatic N) is 1.